The summed E-state index contributed by atoms with van der Waals surface area (Å²) in [7, 11) is 1.32. The summed E-state index contributed by atoms with van der Waals surface area (Å²) < 4.78 is 4.81. The number of fused-ring (bicyclic) bond motifs is 3. The van der Waals surface area contributed by atoms with E-state index in [0.29, 0.717) is 6.42 Å². The Morgan fingerprint density at radius 2 is 2.18 bits per heavy atom. The normalized spacial score (nSPS) is 24.3. The molecule has 22 heavy (non-hydrogen) atoms. The Morgan fingerprint density at radius 1 is 1.45 bits per heavy atom. The molecule has 3 rings (SSSR count). The van der Waals surface area contributed by atoms with Gasteiger partial charge in [-0.3, -0.25) is 4.79 Å². The number of para-hydroxylation sites is 1. The fraction of sp³-hybridized carbons (Fsp3) is 0.294. The lowest BCUT2D eigenvalue weighted by Gasteiger charge is -2.23. The molecule has 0 fully saturated rings. The molecule has 2 aromatic rings. The van der Waals surface area contributed by atoms with Crippen molar-refractivity contribution in [3.8, 4) is 0 Å². The highest BCUT2D eigenvalue weighted by atomic mass is 16.5. The topological polar surface area (TPSA) is 71.2 Å². The SMILES string of the molecule is C=C[C@]1(C)C(=O)N[C@H](C(=O)OC)Cc2c1[nH]c1ccccc21. The van der Waals surface area contributed by atoms with Gasteiger partial charge in [0.05, 0.1) is 7.11 Å². The van der Waals surface area contributed by atoms with Gasteiger partial charge < -0.3 is 15.0 Å². The van der Waals surface area contributed by atoms with Gasteiger partial charge in [-0.1, -0.05) is 24.3 Å². The molecule has 0 saturated carbocycles. The first kappa shape index (κ1) is 14.4. The van der Waals surface area contributed by atoms with Crippen molar-refractivity contribution in [3.63, 3.8) is 0 Å². The fourth-order valence-corrected chi connectivity index (χ4v) is 3.01. The first-order valence-electron chi connectivity index (χ1n) is 7.13. The van der Waals surface area contributed by atoms with E-state index in [1.165, 1.54) is 7.11 Å². The number of hydrogen-bond donors (Lipinski definition) is 2. The highest BCUT2D eigenvalue weighted by Gasteiger charge is 2.42. The van der Waals surface area contributed by atoms with Gasteiger partial charge >= 0.3 is 5.97 Å². The third-order valence-electron chi connectivity index (χ3n) is 4.41. The molecule has 1 amide bonds. The summed E-state index contributed by atoms with van der Waals surface area (Å²) in [5.74, 6) is -0.707. The molecule has 2 N–H and O–H groups in total. The van der Waals surface area contributed by atoms with E-state index in [1.54, 1.807) is 13.0 Å². The van der Waals surface area contributed by atoms with Crippen LogP contribution in [-0.2, 0) is 26.2 Å². The summed E-state index contributed by atoms with van der Waals surface area (Å²) >= 11 is 0. The smallest absolute Gasteiger partial charge is 0.328 e. The van der Waals surface area contributed by atoms with Crippen LogP contribution >= 0.6 is 0 Å². The van der Waals surface area contributed by atoms with E-state index < -0.39 is 17.4 Å². The van der Waals surface area contributed by atoms with E-state index in [0.717, 1.165) is 22.2 Å². The van der Waals surface area contributed by atoms with Crippen LogP contribution in [0.3, 0.4) is 0 Å². The van der Waals surface area contributed by atoms with Gasteiger partial charge in [0.25, 0.3) is 0 Å². The lowest BCUT2D eigenvalue weighted by atomic mass is 9.84. The number of nitrogens with one attached hydrogen (secondary N) is 2. The minimum atomic E-state index is -0.920. The zero-order valence-electron chi connectivity index (χ0n) is 12.6. The van der Waals surface area contributed by atoms with Crippen molar-refractivity contribution < 1.29 is 14.3 Å². The molecule has 0 radical (unpaired) electrons. The Hall–Kier alpha value is -2.56. The number of aromatic amines is 1. The molecule has 0 aliphatic carbocycles. The van der Waals surface area contributed by atoms with E-state index in [2.05, 4.69) is 16.9 Å². The number of H-pyrrole nitrogens is 1. The number of benzene rings is 1. The zero-order chi connectivity index (χ0) is 15.9. The number of methoxy groups -OCH3 is 1. The fourth-order valence-electron chi connectivity index (χ4n) is 3.01. The van der Waals surface area contributed by atoms with E-state index in [4.69, 9.17) is 4.74 Å². The van der Waals surface area contributed by atoms with Gasteiger partial charge in [-0.05, 0) is 18.6 Å². The Labute approximate surface area is 128 Å². The van der Waals surface area contributed by atoms with Gasteiger partial charge in [0, 0.05) is 23.0 Å². The van der Waals surface area contributed by atoms with Crippen molar-refractivity contribution in [1.82, 2.24) is 10.3 Å². The summed E-state index contributed by atoms with van der Waals surface area (Å²) in [5, 5.41) is 3.77. The maximum atomic E-state index is 12.6. The number of carbonyl (C=O) groups excluding carboxylic acids is 2. The summed E-state index contributed by atoms with van der Waals surface area (Å²) in [6, 6.07) is 7.12. The van der Waals surface area contributed by atoms with Crippen LogP contribution in [0, 0.1) is 0 Å². The molecule has 1 aromatic carbocycles. The van der Waals surface area contributed by atoms with Crippen LogP contribution in [-0.4, -0.2) is 30.0 Å². The molecule has 0 bridgehead atoms. The van der Waals surface area contributed by atoms with Crippen molar-refractivity contribution in [2.75, 3.05) is 7.11 Å². The largest absolute Gasteiger partial charge is 0.467 e. The number of amides is 1. The summed E-state index contributed by atoms with van der Waals surface area (Å²) in [4.78, 5) is 27.9. The highest BCUT2D eigenvalue weighted by Crippen LogP contribution is 2.36. The molecular formula is C17H18N2O3. The molecule has 1 aliphatic rings. The van der Waals surface area contributed by atoms with Gasteiger partial charge in [-0.25, -0.2) is 4.79 Å². The molecule has 5 nitrogen and oxygen atoms in total. The van der Waals surface area contributed by atoms with Crippen LogP contribution in [0.15, 0.2) is 36.9 Å². The predicted octanol–water partition coefficient (Wildman–Crippen LogP) is 1.83. The van der Waals surface area contributed by atoms with Crippen molar-refractivity contribution in [2.24, 2.45) is 0 Å². The molecule has 0 saturated heterocycles. The molecule has 1 aromatic heterocycles. The quantitative estimate of drug-likeness (QED) is 0.656. The number of ether oxygens (including phenoxy) is 1. The Bertz CT molecular complexity index is 777. The summed E-state index contributed by atoms with van der Waals surface area (Å²) in [6.07, 6.45) is 2.00. The molecule has 2 heterocycles. The second-order valence-corrected chi connectivity index (χ2v) is 5.68. The molecule has 114 valence electrons. The highest BCUT2D eigenvalue weighted by molar-refractivity contribution is 5.97. The number of esters is 1. The van der Waals surface area contributed by atoms with E-state index in [-0.39, 0.29) is 5.91 Å². The number of hydrogen-bond acceptors (Lipinski definition) is 3. The third-order valence-corrected chi connectivity index (χ3v) is 4.41. The summed E-state index contributed by atoms with van der Waals surface area (Å²) in [5.41, 5.74) is 1.76. The molecule has 5 heteroatoms. The molecule has 2 atom stereocenters. The Morgan fingerprint density at radius 3 is 2.86 bits per heavy atom. The van der Waals surface area contributed by atoms with E-state index >= 15 is 0 Å². The molecule has 1 aliphatic heterocycles. The maximum Gasteiger partial charge on any atom is 0.328 e. The van der Waals surface area contributed by atoms with Gasteiger partial charge in [-0.15, -0.1) is 6.58 Å². The van der Waals surface area contributed by atoms with E-state index in [9.17, 15) is 9.59 Å². The molecular weight excluding hydrogens is 280 g/mol. The van der Waals surface area contributed by atoms with Crippen molar-refractivity contribution in [1.29, 1.82) is 0 Å². The van der Waals surface area contributed by atoms with Gasteiger partial charge in [0.1, 0.15) is 11.5 Å². The average molecular weight is 298 g/mol. The molecule has 0 spiro atoms. The lowest BCUT2D eigenvalue weighted by molar-refractivity contribution is -0.145. The number of aromatic nitrogens is 1. The van der Waals surface area contributed by atoms with Crippen LogP contribution in [0.5, 0.6) is 0 Å². The average Bonchev–Trinajstić information content (AvgIpc) is 2.86. The minimum absolute atomic E-state index is 0.261. The Kier molecular flexibility index (Phi) is 3.28. The van der Waals surface area contributed by atoms with E-state index in [1.807, 2.05) is 24.3 Å². The first-order valence-corrected chi connectivity index (χ1v) is 7.13. The first-order chi connectivity index (χ1) is 10.5. The van der Waals surface area contributed by atoms with Crippen LogP contribution < -0.4 is 5.32 Å². The number of rotatable bonds is 2. The predicted molar refractivity (Wildman–Crippen MR) is 83.5 cm³/mol. The Balaban J connectivity index is 2.26. The summed E-state index contributed by atoms with van der Waals surface area (Å²) in [6.45, 7) is 5.61. The van der Waals surface area contributed by atoms with Gasteiger partial charge in [0.15, 0.2) is 0 Å². The zero-order valence-corrected chi connectivity index (χ0v) is 12.6. The third kappa shape index (κ3) is 1.93. The van der Waals surface area contributed by atoms with Crippen LogP contribution in [0.2, 0.25) is 0 Å². The monoisotopic (exact) mass is 298 g/mol. The molecule has 0 unspecified atom stereocenters. The maximum absolute atomic E-state index is 12.6. The van der Waals surface area contributed by atoms with Crippen LogP contribution in [0.1, 0.15) is 18.2 Å². The van der Waals surface area contributed by atoms with Crippen molar-refractivity contribution >= 4 is 22.8 Å². The van der Waals surface area contributed by atoms with Gasteiger partial charge in [-0.2, -0.15) is 0 Å². The van der Waals surface area contributed by atoms with Crippen LogP contribution in [0.25, 0.3) is 10.9 Å². The second kappa shape index (κ2) is 5.02. The van der Waals surface area contributed by atoms with Crippen LogP contribution in [0.4, 0.5) is 0 Å². The standard InChI is InChI=1S/C17H18N2O3/c1-4-17(2)14-11(10-7-5-6-8-12(10)18-14)9-13(15(20)22-3)19-16(17)21/h4-8,13,18H,1,9H2,2-3H3,(H,19,21)/t13-,17-/m0/s1. The second-order valence-electron chi connectivity index (χ2n) is 5.68. The van der Waals surface area contributed by atoms with Gasteiger partial charge in [0.2, 0.25) is 5.91 Å². The van der Waals surface area contributed by atoms with Crippen molar-refractivity contribution in [3.05, 3.63) is 48.2 Å². The lowest BCUT2D eigenvalue weighted by Crippen LogP contribution is -2.47. The van der Waals surface area contributed by atoms with Crippen molar-refractivity contribution in [2.45, 2.75) is 24.8 Å². The minimum Gasteiger partial charge on any atom is -0.467 e. The number of carbonyl (C=O) groups is 2.